The molecule has 1 aromatic rings. The third-order valence-electron chi connectivity index (χ3n) is 3.81. The zero-order valence-corrected chi connectivity index (χ0v) is 11.2. The van der Waals surface area contributed by atoms with E-state index in [1.54, 1.807) is 0 Å². The van der Waals surface area contributed by atoms with Crippen LogP contribution in [0.4, 0.5) is 11.6 Å². The van der Waals surface area contributed by atoms with Gasteiger partial charge in [-0.05, 0) is 12.8 Å². The number of anilines is 2. The Hall–Kier alpha value is -1.89. The molecule has 20 heavy (non-hydrogen) atoms. The first-order chi connectivity index (χ1) is 9.75. The number of hydrogen-bond donors (Lipinski definition) is 1. The number of ether oxygens (including phenoxy) is 1. The molecule has 1 N–H and O–H groups in total. The van der Waals surface area contributed by atoms with Gasteiger partial charge < -0.3 is 19.6 Å². The van der Waals surface area contributed by atoms with Crippen LogP contribution in [0.15, 0.2) is 12.4 Å². The van der Waals surface area contributed by atoms with Crippen molar-refractivity contribution in [2.24, 2.45) is 0 Å². The lowest BCUT2D eigenvalue weighted by Crippen LogP contribution is -2.38. The van der Waals surface area contributed by atoms with Crippen LogP contribution in [0.3, 0.4) is 0 Å². The molecule has 108 valence electrons. The molecule has 1 aromatic heterocycles. The molecular formula is C13H18N4O3. The lowest BCUT2D eigenvalue weighted by Gasteiger charge is -2.29. The van der Waals surface area contributed by atoms with Crippen LogP contribution >= 0.6 is 0 Å². The van der Waals surface area contributed by atoms with E-state index < -0.39 is 12.0 Å². The van der Waals surface area contributed by atoms with Crippen molar-refractivity contribution in [3.8, 4) is 0 Å². The standard InChI is InChI=1S/C13H18N4O3/c18-13(19)10-2-1-3-17(10)12-8-11(14-9-15-12)16-4-6-20-7-5-16/h8-10H,1-7H2,(H,18,19)/t10-/m1/s1. The summed E-state index contributed by atoms with van der Waals surface area (Å²) in [6.45, 7) is 3.73. The van der Waals surface area contributed by atoms with Crippen molar-refractivity contribution in [2.75, 3.05) is 42.6 Å². The van der Waals surface area contributed by atoms with E-state index in [4.69, 9.17) is 4.74 Å². The third-order valence-corrected chi connectivity index (χ3v) is 3.81. The molecule has 0 spiro atoms. The third kappa shape index (κ3) is 2.53. The first-order valence-electron chi connectivity index (χ1n) is 6.90. The van der Waals surface area contributed by atoms with Gasteiger partial charge in [0.05, 0.1) is 13.2 Å². The Morgan fingerprint density at radius 3 is 2.75 bits per heavy atom. The van der Waals surface area contributed by atoms with Gasteiger partial charge in [-0.1, -0.05) is 0 Å². The molecule has 2 aliphatic heterocycles. The van der Waals surface area contributed by atoms with E-state index in [1.165, 1.54) is 6.33 Å². The summed E-state index contributed by atoms with van der Waals surface area (Å²) in [6, 6.07) is 1.41. The number of rotatable bonds is 3. The Labute approximate surface area is 117 Å². The van der Waals surface area contributed by atoms with E-state index in [-0.39, 0.29) is 0 Å². The topological polar surface area (TPSA) is 78.8 Å². The molecule has 0 bridgehead atoms. The largest absolute Gasteiger partial charge is 0.480 e. The van der Waals surface area contributed by atoms with E-state index in [0.717, 1.165) is 31.9 Å². The van der Waals surface area contributed by atoms with E-state index >= 15 is 0 Å². The monoisotopic (exact) mass is 278 g/mol. The number of aromatic nitrogens is 2. The minimum absolute atomic E-state index is 0.470. The van der Waals surface area contributed by atoms with E-state index in [2.05, 4.69) is 14.9 Å². The molecule has 0 amide bonds. The smallest absolute Gasteiger partial charge is 0.326 e. The average molecular weight is 278 g/mol. The molecule has 0 saturated carbocycles. The number of morpholine rings is 1. The lowest BCUT2D eigenvalue weighted by molar-refractivity contribution is -0.138. The fraction of sp³-hybridized carbons (Fsp3) is 0.615. The number of carbonyl (C=O) groups is 1. The van der Waals surface area contributed by atoms with Gasteiger partial charge in [-0.3, -0.25) is 0 Å². The summed E-state index contributed by atoms with van der Waals surface area (Å²) in [4.78, 5) is 23.8. The highest BCUT2D eigenvalue weighted by atomic mass is 16.5. The van der Waals surface area contributed by atoms with Crippen molar-refractivity contribution in [1.82, 2.24) is 9.97 Å². The summed E-state index contributed by atoms with van der Waals surface area (Å²) in [5.41, 5.74) is 0. The van der Waals surface area contributed by atoms with E-state index in [9.17, 15) is 9.90 Å². The number of hydrogen-bond acceptors (Lipinski definition) is 6. The van der Waals surface area contributed by atoms with Crippen LogP contribution in [0.2, 0.25) is 0 Å². The molecule has 3 heterocycles. The van der Waals surface area contributed by atoms with Gasteiger partial charge in [0.25, 0.3) is 0 Å². The number of nitrogens with zero attached hydrogens (tertiary/aromatic N) is 4. The molecular weight excluding hydrogens is 260 g/mol. The molecule has 3 rings (SSSR count). The second-order valence-corrected chi connectivity index (χ2v) is 5.02. The SMILES string of the molecule is O=C(O)[C@H]1CCCN1c1cc(N2CCOCC2)ncn1. The van der Waals surface area contributed by atoms with Crippen LogP contribution in [0.25, 0.3) is 0 Å². The molecule has 0 aromatic carbocycles. The zero-order chi connectivity index (χ0) is 13.9. The summed E-state index contributed by atoms with van der Waals surface area (Å²) in [5.74, 6) is 0.759. The van der Waals surface area contributed by atoms with Gasteiger partial charge in [0.15, 0.2) is 0 Å². The van der Waals surface area contributed by atoms with Crippen LogP contribution in [0.1, 0.15) is 12.8 Å². The van der Waals surface area contributed by atoms with Crippen molar-refractivity contribution >= 4 is 17.6 Å². The second-order valence-electron chi connectivity index (χ2n) is 5.02. The summed E-state index contributed by atoms with van der Waals surface area (Å²) in [5, 5.41) is 9.25. The Balaban J connectivity index is 1.81. The highest BCUT2D eigenvalue weighted by Gasteiger charge is 2.31. The van der Waals surface area contributed by atoms with Crippen molar-refractivity contribution in [3.63, 3.8) is 0 Å². The summed E-state index contributed by atoms with van der Waals surface area (Å²) in [7, 11) is 0. The van der Waals surface area contributed by atoms with Crippen LogP contribution < -0.4 is 9.80 Å². The van der Waals surface area contributed by atoms with Gasteiger partial charge >= 0.3 is 5.97 Å². The van der Waals surface area contributed by atoms with E-state index in [1.807, 2.05) is 11.0 Å². The highest BCUT2D eigenvalue weighted by Crippen LogP contribution is 2.26. The van der Waals surface area contributed by atoms with Gasteiger partial charge in [-0.15, -0.1) is 0 Å². The minimum Gasteiger partial charge on any atom is -0.480 e. The van der Waals surface area contributed by atoms with Gasteiger partial charge in [0.1, 0.15) is 24.0 Å². The predicted molar refractivity (Wildman–Crippen MR) is 73.1 cm³/mol. The number of aliphatic carboxylic acids is 1. The highest BCUT2D eigenvalue weighted by molar-refractivity contribution is 5.78. The molecule has 7 heteroatoms. The molecule has 0 radical (unpaired) electrons. The molecule has 7 nitrogen and oxygen atoms in total. The maximum Gasteiger partial charge on any atom is 0.326 e. The Bertz CT molecular complexity index is 490. The average Bonchev–Trinajstić information content (AvgIpc) is 2.98. The maximum absolute atomic E-state index is 11.3. The summed E-state index contributed by atoms with van der Waals surface area (Å²) in [6.07, 6.45) is 3.07. The molecule has 1 atom stereocenters. The normalized spacial score (nSPS) is 23.1. The zero-order valence-electron chi connectivity index (χ0n) is 11.2. The Morgan fingerprint density at radius 1 is 1.25 bits per heavy atom. The molecule has 2 aliphatic rings. The first-order valence-corrected chi connectivity index (χ1v) is 6.90. The van der Waals surface area contributed by atoms with Crippen molar-refractivity contribution < 1.29 is 14.6 Å². The summed E-state index contributed by atoms with van der Waals surface area (Å²) < 4.78 is 5.33. The Kier molecular flexibility index (Phi) is 3.68. The van der Waals surface area contributed by atoms with Crippen LogP contribution in [0, 0.1) is 0 Å². The molecule has 0 unspecified atom stereocenters. The second kappa shape index (κ2) is 5.62. The Morgan fingerprint density at radius 2 is 2.00 bits per heavy atom. The van der Waals surface area contributed by atoms with Gasteiger partial charge in [-0.25, -0.2) is 14.8 Å². The minimum atomic E-state index is -0.783. The predicted octanol–water partition coefficient (Wildman–Crippen LogP) is 0.367. The van der Waals surface area contributed by atoms with Crippen molar-refractivity contribution in [3.05, 3.63) is 12.4 Å². The number of carboxylic acids is 1. The first kappa shape index (κ1) is 13.1. The molecule has 2 fully saturated rings. The number of carboxylic acid groups (broad SMARTS) is 1. The lowest BCUT2D eigenvalue weighted by atomic mass is 10.2. The fourth-order valence-corrected chi connectivity index (χ4v) is 2.76. The van der Waals surface area contributed by atoms with E-state index in [0.29, 0.717) is 25.5 Å². The van der Waals surface area contributed by atoms with Crippen LogP contribution in [-0.2, 0) is 9.53 Å². The van der Waals surface area contributed by atoms with Crippen molar-refractivity contribution in [2.45, 2.75) is 18.9 Å². The molecule has 2 saturated heterocycles. The van der Waals surface area contributed by atoms with Gasteiger partial charge in [0.2, 0.25) is 0 Å². The van der Waals surface area contributed by atoms with Gasteiger partial charge in [-0.2, -0.15) is 0 Å². The molecule has 0 aliphatic carbocycles. The van der Waals surface area contributed by atoms with Gasteiger partial charge in [0, 0.05) is 25.7 Å². The van der Waals surface area contributed by atoms with Crippen LogP contribution in [-0.4, -0.2) is 59.9 Å². The quantitative estimate of drug-likeness (QED) is 0.855. The summed E-state index contributed by atoms with van der Waals surface area (Å²) >= 11 is 0. The maximum atomic E-state index is 11.3. The van der Waals surface area contributed by atoms with Crippen molar-refractivity contribution in [1.29, 1.82) is 0 Å². The fourth-order valence-electron chi connectivity index (χ4n) is 2.76. The van der Waals surface area contributed by atoms with Crippen LogP contribution in [0.5, 0.6) is 0 Å².